The Morgan fingerprint density at radius 1 is 1.42 bits per heavy atom. The van der Waals surface area contributed by atoms with Crippen LogP contribution in [-0.2, 0) is 6.18 Å². The van der Waals surface area contributed by atoms with E-state index in [1.165, 1.54) is 6.07 Å². The number of thiophene rings is 1. The Morgan fingerprint density at radius 2 is 2.23 bits per heavy atom. The standard InChI is InChI=1S/C17H21F3N4OS/c18-17(19,20)10-5-16(26-9-10)14-6-13(11(21)7-23-14)24-8-15(25)12-3-1-2-4-22-12/h1-5,9,11,13-15,23-25H,6-8,21H2. The molecule has 0 amide bonds. The molecule has 1 fully saturated rings. The Morgan fingerprint density at radius 3 is 2.88 bits per heavy atom. The highest BCUT2D eigenvalue weighted by atomic mass is 32.1. The van der Waals surface area contributed by atoms with Gasteiger partial charge in [-0.05, 0) is 24.6 Å². The first-order valence-electron chi connectivity index (χ1n) is 8.31. The lowest BCUT2D eigenvalue weighted by atomic mass is 9.94. The Balaban J connectivity index is 1.60. The van der Waals surface area contributed by atoms with Crippen LogP contribution in [-0.4, -0.2) is 35.3 Å². The number of hydrogen-bond acceptors (Lipinski definition) is 6. The minimum Gasteiger partial charge on any atom is -0.385 e. The summed E-state index contributed by atoms with van der Waals surface area (Å²) in [6, 6.07) is 6.00. The molecule has 2 aromatic rings. The first-order chi connectivity index (χ1) is 12.3. The minimum absolute atomic E-state index is 0.115. The smallest absolute Gasteiger partial charge is 0.385 e. The number of hydrogen-bond donors (Lipinski definition) is 4. The summed E-state index contributed by atoms with van der Waals surface area (Å²) >= 11 is 1.10. The molecule has 142 valence electrons. The van der Waals surface area contributed by atoms with Gasteiger partial charge in [-0.15, -0.1) is 11.3 Å². The molecule has 3 rings (SSSR count). The van der Waals surface area contributed by atoms with E-state index >= 15 is 0 Å². The van der Waals surface area contributed by atoms with E-state index in [9.17, 15) is 18.3 Å². The third-order valence-electron chi connectivity index (χ3n) is 4.50. The molecule has 1 saturated heterocycles. The van der Waals surface area contributed by atoms with E-state index in [4.69, 9.17) is 5.73 Å². The van der Waals surface area contributed by atoms with Crippen molar-refractivity contribution in [1.82, 2.24) is 15.6 Å². The normalized spacial score (nSPS) is 25.2. The summed E-state index contributed by atoms with van der Waals surface area (Å²) in [5, 5.41) is 17.8. The van der Waals surface area contributed by atoms with Crippen LogP contribution in [0.4, 0.5) is 13.2 Å². The first kappa shape index (κ1) is 19.2. The summed E-state index contributed by atoms with van der Waals surface area (Å²) in [7, 11) is 0. The summed E-state index contributed by atoms with van der Waals surface area (Å²) in [5.41, 5.74) is 6.06. The predicted octanol–water partition coefficient (Wildman–Crippen LogP) is 2.22. The molecule has 0 saturated carbocycles. The number of nitrogens with two attached hydrogens (primary N) is 1. The van der Waals surface area contributed by atoms with Gasteiger partial charge in [0.25, 0.3) is 0 Å². The summed E-state index contributed by atoms with van der Waals surface area (Å²) < 4.78 is 38.4. The highest BCUT2D eigenvalue weighted by molar-refractivity contribution is 7.10. The van der Waals surface area contributed by atoms with Crippen LogP contribution < -0.4 is 16.4 Å². The number of pyridine rings is 1. The zero-order valence-corrected chi connectivity index (χ0v) is 14.7. The zero-order valence-electron chi connectivity index (χ0n) is 13.9. The van der Waals surface area contributed by atoms with Crippen molar-refractivity contribution in [2.45, 2.75) is 36.8 Å². The quantitative estimate of drug-likeness (QED) is 0.633. The molecule has 2 aromatic heterocycles. The van der Waals surface area contributed by atoms with Crippen LogP contribution in [0.15, 0.2) is 35.8 Å². The van der Waals surface area contributed by atoms with Crippen molar-refractivity contribution in [2.24, 2.45) is 5.73 Å². The van der Waals surface area contributed by atoms with Gasteiger partial charge in [-0.25, -0.2) is 0 Å². The lowest BCUT2D eigenvalue weighted by molar-refractivity contribution is -0.137. The maximum atomic E-state index is 12.8. The van der Waals surface area contributed by atoms with Crippen molar-refractivity contribution >= 4 is 11.3 Å². The highest BCUT2D eigenvalue weighted by Gasteiger charge is 2.34. The van der Waals surface area contributed by atoms with Gasteiger partial charge in [0.05, 0.1) is 11.3 Å². The van der Waals surface area contributed by atoms with Crippen LogP contribution in [0.5, 0.6) is 0 Å². The molecule has 5 N–H and O–H groups in total. The lowest BCUT2D eigenvalue weighted by Crippen LogP contribution is -2.56. The second-order valence-electron chi connectivity index (χ2n) is 6.38. The SMILES string of the molecule is NC1CNC(c2cc(C(F)(F)F)cs2)CC1NCC(O)c1ccccn1. The monoisotopic (exact) mass is 386 g/mol. The number of nitrogens with zero attached hydrogens (tertiary/aromatic N) is 1. The van der Waals surface area contributed by atoms with Gasteiger partial charge in [-0.3, -0.25) is 4.98 Å². The Kier molecular flexibility index (Phi) is 5.93. The summed E-state index contributed by atoms with van der Waals surface area (Å²) in [6.45, 7) is 0.765. The van der Waals surface area contributed by atoms with E-state index in [2.05, 4.69) is 15.6 Å². The van der Waals surface area contributed by atoms with Gasteiger partial charge in [0, 0.05) is 47.7 Å². The third-order valence-corrected chi connectivity index (χ3v) is 5.55. The molecule has 1 aliphatic rings. The van der Waals surface area contributed by atoms with Crippen molar-refractivity contribution in [2.75, 3.05) is 13.1 Å². The molecular formula is C17H21F3N4OS. The molecule has 4 atom stereocenters. The number of alkyl halides is 3. The van der Waals surface area contributed by atoms with Crippen LogP contribution >= 0.6 is 11.3 Å². The van der Waals surface area contributed by atoms with Crippen molar-refractivity contribution in [1.29, 1.82) is 0 Å². The molecule has 0 aromatic carbocycles. The summed E-state index contributed by atoms with van der Waals surface area (Å²) in [5.74, 6) is 0. The van der Waals surface area contributed by atoms with Crippen molar-refractivity contribution in [3.05, 3.63) is 52.0 Å². The number of aliphatic hydroxyl groups excluding tert-OH is 1. The number of aliphatic hydroxyl groups is 1. The fraction of sp³-hybridized carbons (Fsp3) is 0.471. The van der Waals surface area contributed by atoms with E-state index in [0.717, 1.165) is 16.7 Å². The third kappa shape index (κ3) is 4.60. The number of halogens is 3. The van der Waals surface area contributed by atoms with Gasteiger partial charge in [0.2, 0.25) is 0 Å². The van der Waals surface area contributed by atoms with Crippen LogP contribution in [0.2, 0.25) is 0 Å². The maximum absolute atomic E-state index is 12.8. The van der Waals surface area contributed by atoms with Crippen molar-refractivity contribution < 1.29 is 18.3 Å². The molecule has 0 aliphatic carbocycles. The molecule has 9 heteroatoms. The maximum Gasteiger partial charge on any atom is 0.417 e. The van der Waals surface area contributed by atoms with E-state index in [-0.39, 0.29) is 24.7 Å². The Hall–Kier alpha value is -1.52. The molecular weight excluding hydrogens is 365 g/mol. The molecule has 0 bridgehead atoms. The fourth-order valence-electron chi connectivity index (χ4n) is 3.01. The van der Waals surface area contributed by atoms with Gasteiger partial charge in [0.1, 0.15) is 6.10 Å². The number of piperidine rings is 1. The second kappa shape index (κ2) is 8.01. The lowest BCUT2D eigenvalue weighted by Gasteiger charge is -2.35. The second-order valence-corrected chi connectivity index (χ2v) is 7.32. The topological polar surface area (TPSA) is 83.2 Å². The fourth-order valence-corrected chi connectivity index (χ4v) is 4.01. The molecule has 0 spiro atoms. The average Bonchev–Trinajstić information content (AvgIpc) is 3.12. The van der Waals surface area contributed by atoms with E-state index in [0.29, 0.717) is 23.5 Å². The van der Waals surface area contributed by atoms with Crippen LogP contribution in [0.25, 0.3) is 0 Å². The number of nitrogens with one attached hydrogen (secondary N) is 2. The minimum atomic E-state index is -4.33. The average molecular weight is 386 g/mol. The van der Waals surface area contributed by atoms with Crippen LogP contribution in [0.3, 0.4) is 0 Å². The van der Waals surface area contributed by atoms with Crippen molar-refractivity contribution in [3.8, 4) is 0 Å². The van der Waals surface area contributed by atoms with Gasteiger partial charge >= 0.3 is 6.18 Å². The van der Waals surface area contributed by atoms with E-state index in [1.54, 1.807) is 24.4 Å². The molecule has 3 heterocycles. The van der Waals surface area contributed by atoms with Gasteiger partial charge in [-0.1, -0.05) is 6.07 Å². The Labute approximate surface area is 153 Å². The van der Waals surface area contributed by atoms with Gasteiger partial charge < -0.3 is 21.5 Å². The summed E-state index contributed by atoms with van der Waals surface area (Å²) in [4.78, 5) is 4.75. The molecule has 26 heavy (non-hydrogen) atoms. The van der Waals surface area contributed by atoms with Gasteiger partial charge in [0.15, 0.2) is 0 Å². The Bertz CT molecular complexity index is 710. The highest BCUT2D eigenvalue weighted by Crippen LogP contribution is 2.36. The van der Waals surface area contributed by atoms with E-state index in [1.807, 2.05) is 0 Å². The molecule has 5 nitrogen and oxygen atoms in total. The molecule has 4 unspecified atom stereocenters. The number of aromatic nitrogens is 1. The number of rotatable bonds is 5. The largest absolute Gasteiger partial charge is 0.417 e. The first-order valence-corrected chi connectivity index (χ1v) is 9.19. The van der Waals surface area contributed by atoms with Crippen LogP contribution in [0, 0.1) is 0 Å². The van der Waals surface area contributed by atoms with Crippen LogP contribution in [0.1, 0.15) is 34.7 Å². The summed E-state index contributed by atoms with van der Waals surface area (Å²) in [6.07, 6.45) is -2.94. The van der Waals surface area contributed by atoms with Gasteiger partial charge in [-0.2, -0.15) is 13.2 Å². The van der Waals surface area contributed by atoms with E-state index < -0.39 is 17.8 Å². The van der Waals surface area contributed by atoms with Crippen molar-refractivity contribution in [3.63, 3.8) is 0 Å². The zero-order chi connectivity index (χ0) is 18.7. The molecule has 1 aliphatic heterocycles. The molecule has 0 radical (unpaired) electrons. The predicted molar refractivity (Wildman–Crippen MR) is 93.6 cm³/mol.